The Morgan fingerprint density at radius 3 is 2.44 bits per heavy atom. The van der Waals surface area contributed by atoms with Gasteiger partial charge in [-0.3, -0.25) is 9.59 Å². The first-order chi connectivity index (χ1) is 13.0. The zero-order valence-electron chi connectivity index (χ0n) is 15.5. The number of morpholine rings is 2. The van der Waals surface area contributed by atoms with Crippen molar-refractivity contribution < 1.29 is 28.2 Å². The molecule has 0 saturated carbocycles. The first-order valence-electron chi connectivity index (χ1n) is 9.11. The lowest BCUT2D eigenvalue weighted by Crippen LogP contribution is -2.58. The molecule has 0 spiro atoms. The minimum Gasteiger partial charge on any atom is -0.490 e. The molecule has 1 aromatic rings. The third kappa shape index (κ3) is 5.17. The van der Waals surface area contributed by atoms with Crippen molar-refractivity contribution in [3.05, 3.63) is 30.1 Å². The van der Waals surface area contributed by atoms with Crippen LogP contribution in [0.25, 0.3) is 0 Å². The molecule has 0 bridgehead atoms. The van der Waals surface area contributed by atoms with Crippen molar-refractivity contribution in [2.45, 2.75) is 18.9 Å². The maximum absolute atomic E-state index is 13.1. The number of hydrogen-bond donors (Lipinski definition) is 0. The summed E-state index contributed by atoms with van der Waals surface area (Å²) >= 11 is 0. The highest BCUT2D eigenvalue weighted by Gasteiger charge is 2.41. The number of carbonyl (C=O) groups is 2. The Labute approximate surface area is 158 Å². The summed E-state index contributed by atoms with van der Waals surface area (Å²) in [4.78, 5) is 28.1. The van der Waals surface area contributed by atoms with Gasteiger partial charge in [0.2, 0.25) is 11.8 Å². The first-order valence-corrected chi connectivity index (χ1v) is 9.11. The molecule has 0 N–H and O–H groups in total. The van der Waals surface area contributed by atoms with Crippen molar-refractivity contribution in [3.63, 3.8) is 0 Å². The van der Waals surface area contributed by atoms with E-state index in [1.54, 1.807) is 9.80 Å². The molecule has 1 atom stereocenters. The summed E-state index contributed by atoms with van der Waals surface area (Å²) in [7, 11) is 0. The molecular weight excluding hydrogens is 355 g/mol. The average molecular weight is 380 g/mol. The Morgan fingerprint density at radius 1 is 1.11 bits per heavy atom. The predicted molar refractivity (Wildman–Crippen MR) is 94.8 cm³/mol. The molecule has 0 aromatic heterocycles. The van der Waals surface area contributed by atoms with Crippen LogP contribution >= 0.6 is 0 Å². The third-order valence-corrected chi connectivity index (χ3v) is 4.85. The van der Waals surface area contributed by atoms with Gasteiger partial charge in [0.15, 0.2) is 0 Å². The number of nitrogens with zero attached hydrogens (tertiary/aromatic N) is 2. The van der Waals surface area contributed by atoms with Crippen molar-refractivity contribution in [2.24, 2.45) is 0 Å². The van der Waals surface area contributed by atoms with Gasteiger partial charge in [0.1, 0.15) is 23.8 Å². The monoisotopic (exact) mass is 380 g/mol. The van der Waals surface area contributed by atoms with Crippen molar-refractivity contribution in [3.8, 4) is 5.75 Å². The van der Waals surface area contributed by atoms with E-state index in [2.05, 4.69) is 0 Å². The number of halogens is 1. The van der Waals surface area contributed by atoms with Crippen LogP contribution < -0.4 is 4.74 Å². The minimum absolute atomic E-state index is 0.0496. The summed E-state index contributed by atoms with van der Waals surface area (Å²) in [6.45, 7) is 4.83. The molecular formula is C19H25FN2O5. The predicted octanol–water partition coefficient (Wildman–Crippen LogP) is 1.07. The number of rotatable bonds is 5. The fourth-order valence-corrected chi connectivity index (χ4v) is 3.30. The van der Waals surface area contributed by atoms with Crippen LogP contribution in [0.5, 0.6) is 5.75 Å². The Balaban J connectivity index is 1.72. The van der Waals surface area contributed by atoms with Gasteiger partial charge in [-0.15, -0.1) is 0 Å². The molecule has 2 fully saturated rings. The summed E-state index contributed by atoms with van der Waals surface area (Å²) < 4.78 is 30.2. The second-order valence-corrected chi connectivity index (χ2v) is 6.88. The van der Waals surface area contributed by atoms with E-state index in [1.165, 1.54) is 31.2 Å². The fraction of sp³-hybridized carbons (Fsp3) is 0.579. The number of hydrogen-bond acceptors (Lipinski definition) is 5. The first kappa shape index (κ1) is 19.6. The van der Waals surface area contributed by atoms with Crippen LogP contribution in [0.2, 0.25) is 0 Å². The maximum atomic E-state index is 13.1. The molecule has 2 amide bonds. The number of amides is 2. The Morgan fingerprint density at radius 2 is 1.78 bits per heavy atom. The molecule has 2 aliphatic heterocycles. The highest BCUT2D eigenvalue weighted by Crippen LogP contribution is 2.26. The number of carbonyl (C=O) groups excluding carboxylic acids is 2. The quantitative estimate of drug-likeness (QED) is 0.765. The van der Waals surface area contributed by atoms with Gasteiger partial charge < -0.3 is 24.0 Å². The second-order valence-electron chi connectivity index (χ2n) is 6.88. The van der Waals surface area contributed by atoms with E-state index in [-0.39, 0.29) is 37.2 Å². The Kier molecular flexibility index (Phi) is 6.28. The van der Waals surface area contributed by atoms with E-state index < -0.39 is 5.60 Å². The Hall–Kier alpha value is -2.19. The highest BCUT2D eigenvalue weighted by molar-refractivity contribution is 5.78. The van der Waals surface area contributed by atoms with Crippen LogP contribution in [-0.2, 0) is 19.1 Å². The number of ether oxygens (including phenoxy) is 3. The zero-order valence-corrected chi connectivity index (χ0v) is 15.5. The van der Waals surface area contributed by atoms with Crippen LogP contribution in [0.3, 0.4) is 0 Å². The van der Waals surface area contributed by atoms with E-state index in [1.807, 2.05) is 0 Å². The van der Waals surface area contributed by atoms with Gasteiger partial charge in [0.05, 0.1) is 32.8 Å². The van der Waals surface area contributed by atoms with Crippen molar-refractivity contribution >= 4 is 11.8 Å². The lowest BCUT2D eigenvalue weighted by Gasteiger charge is -2.42. The third-order valence-electron chi connectivity index (χ3n) is 4.85. The molecule has 8 heteroatoms. The van der Waals surface area contributed by atoms with Crippen LogP contribution in [0.1, 0.15) is 13.3 Å². The van der Waals surface area contributed by atoms with E-state index in [9.17, 15) is 14.0 Å². The summed E-state index contributed by atoms with van der Waals surface area (Å²) in [5.74, 6) is 0.0176. The average Bonchev–Trinajstić information content (AvgIpc) is 2.68. The molecule has 0 aliphatic carbocycles. The molecule has 2 saturated heterocycles. The topological polar surface area (TPSA) is 68.3 Å². The van der Waals surface area contributed by atoms with E-state index >= 15 is 0 Å². The molecule has 3 rings (SSSR count). The molecule has 27 heavy (non-hydrogen) atoms. The standard InChI is InChI=1S/C19H25FN2O5/c1-15(23)22-8-11-27-19(13-22,12-18(24)21-6-9-25-10-7-21)14-26-17-4-2-16(20)3-5-17/h2-5H,6-14H2,1H3. The number of benzene rings is 1. The van der Waals surface area contributed by atoms with Gasteiger partial charge in [-0.2, -0.15) is 0 Å². The van der Waals surface area contributed by atoms with Crippen molar-refractivity contribution in [1.82, 2.24) is 9.80 Å². The summed E-state index contributed by atoms with van der Waals surface area (Å²) in [6, 6.07) is 5.67. The molecule has 0 radical (unpaired) electrons. The van der Waals surface area contributed by atoms with E-state index in [4.69, 9.17) is 14.2 Å². The summed E-state index contributed by atoms with van der Waals surface area (Å²) in [5, 5.41) is 0. The van der Waals surface area contributed by atoms with Crippen LogP contribution in [0.4, 0.5) is 4.39 Å². The normalized spacial score (nSPS) is 23.2. The van der Waals surface area contributed by atoms with E-state index in [0.29, 0.717) is 45.2 Å². The van der Waals surface area contributed by atoms with Gasteiger partial charge in [0.25, 0.3) is 0 Å². The van der Waals surface area contributed by atoms with Gasteiger partial charge in [-0.25, -0.2) is 4.39 Å². The van der Waals surface area contributed by atoms with Crippen molar-refractivity contribution in [2.75, 3.05) is 52.6 Å². The second kappa shape index (κ2) is 8.67. The maximum Gasteiger partial charge on any atom is 0.225 e. The van der Waals surface area contributed by atoms with Gasteiger partial charge >= 0.3 is 0 Å². The van der Waals surface area contributed by atoms with Crippen LogP contribution in [0, 0.1) is 5.82 Å². The lowest BCUT2D eigenvalue weighted by molar-refractivity contribution is -0.166. The fourth-order valence-electron chi connectivity index (χ4n) is 3.30. The highest BCUT2D eigenvalue weighted by atomic mass is 19.1. The molecule has 2 heterocycles. The Bertz CT molecular complexity index is 663. The van der Waals surface area contributed by atoms with Crippen LogP contribution in [0.15, 0.2) is 24.3 Å². The zero-order chi connectivity index (χ0) is 19.3. The van der Waals surface area contributed by atoms with E-state index in [0.717, 1.165) is 0 Å². The molecule has 1 unspecified atom stereocenters. The molecule has 2 aliphatic rings. The SMILES string of the molecule is CC(=O)N1CCOC(COc2ccc(F)cc2)(CC(=O)N2CCOCC2)C1. The summed E-state index contributed by atoms with van der Waals surface area (Å²) in [5.41, 5.74) is -0.937. The molecule has 1 aromatic carbocycles. The smallest absolute Gasteiger partial charge is 0.225 e. The van der Waals surface area contributed by atoms with Gasteiger partial charge in [-0.05, 0) is 24.3 Å². The molecule has 7 nitrogen and oxygen atoms in total. The van der Waals surface area contributed by atoms with Gasteiger partial charge in [-0.1, -0.05) is 0 Å². The molecule has 148 valence electrons. The summed E-state index contributed by atoms with van der Waals surface area (Å²) in [6.07, 6.45) is 0.109. The van der Waals surface area contributed by atoms with Crippen molar-refractivity contribution in [1.29, 1.82) is 0 Å². The largest absolute Gasteiger partial charge is 0.490 e. The minimum atomic E-state index is -0.937. The van der Waals surface area contributed by atoms with Gasteiger partial charge in [0, 0.05) is 26.6 Å². The van der Waals surface area contributed by atoms with Crippen LogP contribution in [-0.4, -0.2) is 79.8 Å². The lowest BCUT2D eigenvalue weighted by atomic mass is 9.96.